The van der Waals surface area contributed by atoms with E-state index in [2.05, 4.69) is 0 Å². The molecule has 1 heterocycles. The van der Waals surface area contributed by atoms with Crippen molar-refractivity contribution in [1.82, 2.24) is 0 Å². The minimum absolute atomic E-state index is 0.194. The number of aryl methyl sites for hydroxylation is 1. The van der Waals surface area contributed by atoms with Crippen molar-refractivity contribution in [2.45, 2.75) is 13.3 Å². The lowest BCUT2D eigenvalue weighted by atomic mass is 10.1. The van der Waals surface area contributed by atoms with Gasteiger partial charge in [0, 0.05) is 17.7 Å². The standard InChI is InChI=1S/C13H12FNO2/c1-2-11-3-4-12(17-11)13(16)8-5-9(14)7-10(15)6-8/h3-7H,2,15H2,1H3. The van der Waals surface area contributed by atoms with Gasteiger partial charge in [0.25, 0.3) is 0 Å². The molecular formula is C13H12FNO2. The minimum Gasteiger partial charge on any atom is -0.458 e. The van der Waals surface area contributed by atoms with Gasteiger partial charge in [-0.25, -0.2) is 4.39 Å². The quantitative estimate of drug-likeness (QED) is 0.655. The van der Waals surface area contributed by atoms with Crippen molar-refractivity contribution in [2.75, 3.05) is 5.73 Å². The molecular weight excluding hydrogens is 221 g/mol. The largest absolute Gasteiger partial charge is 0.458 e. The van der Waals surface area contributed by atoms with Crippen molar-refractivity contribution in [1.29, 1.82) is 0 Å². The van der Waals surface area contributed by atoms with Gasteiger partial charge in [0.1, 0.15) is 11.6 Å². The second-order valence-electron chi connectivity index (χ2n) is 3.72. The van der Waals surface area contributed by atoms with Crippen LogP contribution in [-0.4, -0.2) is 5.78 Å². The topological polar surface area (TPSA) is 56.2 Å². The van der Waals surface area contributed by atoms with Crippen LogP contribution in [0.3, 0.4) is 0 Å². The molecule has 4 heteroatoms. The first-order valence-electron chi connectivity index (χ1n) is 5.29. The van der Waals surface area contributed by atoms with E-state index in [0.29, 0.717) is 6.42 Å². The van der Waals surface area contributed by atoms with Crippen molar-refractivity contribution in [3.63, 3.8) is 0 Å². The predicted molar refractivity (Wildman–Crippen MR) is 62.3 cm³/mol. The summed E-state index contributed by atoms with van der Waals surface area (Å²) in [5.41, 5.74) is 5.90. The van der Waals surface area contributed by atoms with Crippen LogP contribution < -0.4 is 5.73 Å². The molecule has 2 aromatic rings. The third-order valence-corrected chi connectivity index (χ3v) is 2.42. The number of benzene rings is 1. The average Bonchev–Trinajstić information content (AvgIpc) is 2.75. The molecule has 1 aromatic carbocycles. The van der Waals surface area contributed by atoms with Crippen LogP contribution in [0.2, 0.25) is 0 Å². The SMILES string of the molecule is CCc1ccc(C(=O)c2cc(N)cc(F)c2)o1. The highest BCUT2D eigenvalue weighted by molar-refractivity contribution is 6.07. The highest BCUT2D eigenvalue weighted by Gasteiger charge is 2.14. The van der Waals surface area contributed by atoms with Crippen molar-refractivity contribution in [3.05, 3.63) is 53.2 Å². The number of nitrogens with two attached hydrogens (primary N) is 1. The number of anilines is 1. The molecule has 3 nitrogen and oxygen atoms in total. The third-order valence-electron chi connectivity index (χ3n) is 2.42. The van der Waals surface area contributed by atoms with E-state index in [-0.39, 0.29) is 22.8 Å². The van der Waals surface area contributed by atoms with Crippen LogP contribution >= 0.6 is 0 Å². The number of hydrogen-bond donors (Lipinski definition) is 1. The smallest absolute Gasteiger partial charge is 0.228 e. The first kappa shape index (κ1) is 11.4. The summed E-state index contributed by atoms with van der Waals surface area (Å²) in [6, 6.07) is 7.06. The lowest BCUT2D eigenvalue weighted by Gasteiger charge is -2.00. The molecule has 88 valence electrons. The highest BCUT2D eigenvalue weighted by atomic mass is 19.1. The number of carbonyl (C=O) groups excluding carboxylic acids is 1. The Hall–Kier alpha value is -2.10. The van der Waals surface area contributed by atoms with E-state index in [1.807, 2.05) is 6.92 Å². The molecule has 17 heavy (non-hydrogen) atoms. The maximum absolute atomic E-state index is 13.1. The zero-order chi connectivity index (χ0) is 12.4. The number of ketones is 1. The molecule has 0 radical (unpaired) electrons. The Bertz CT molecular complexity index is 540. The normalized spacial score (nSPS) is 10.5. The van der Waals surface area contributed by atoms with E-state index < -0.39 is 5.82 Å². The van der Waals surface area contributed by atoms with Crippen molar-refractivity contribution < 1.29 is 13.6 Å². The van der Waals surface area contributed by atoms with Crippen LogP contribution in [0.4, 0.5) is 10.1 Å². The first-order valence-corrected chi connectivity index (χ1v) is 5.29. The molecule has 1 aromatic heterocycles. The van der Waals surface area contributed by atoms with Gasteiger partial charge in [0.05, 0.1) is 0 Å². The summed E-state index contributed by atoms with van der Waals surface area (Å²) in [6.07, 6.45) is 0.707. The van der Waals surface area contributed by atoms with Crippen LogP contribution in [0.5, 0.6) is 0 Å². The van der Waals surface area contributed by atoms with E-state index >= 15 is 0 Å². The average molecular weight is 233 g/mol. The molecule has 0 fully saturated rings. The molecule has 0 spiro atoms. The Balaban J connectivity index is 2.36. The Morgan fingerprint density at radius 1 is 1.35 bits per heavy atom. The van der Waals surface area contributed by atoms with E-state index in [1.165, 1.54) is 6.07 Å². The summed E-state index contributed by atoms with van der Waals surface area (Å²) >= 11 is 0. The second-order valence-corrected chi connectivity index (χ2v) is 3.72. The van der Waals surface area contributed by atoms with Crippen LogP contribution in [0.1, 0.15) is 28.8 Å². The molecule has 0 saturated carbocycles. The molecule has 0 bridgehead atoms. The Morgan fingerprint density at radius 2 is 2.12 bits per heavy atom. The Labute approximate surface area is 98.0 Å². The monoisotopic (exact) mass is 233 g/mol. The lowest BCUT2D eigenvalue weighted by molar-refractivity contribution is 0.101. The molecule has 2 rings (SSSR count). The van der Waals surface area contributed by atoms with Gasteiger partial charge in [0.2, 0.25) is 5.78 Å². The van der Waals surface area contributed by atoms with Crippen molar-refractivity contribution >= 4 is 11.5 Å². The van der Waals surface area contributed by atoms with Gasteiger partial charge in [-0.2, -0.15) is 0 Å². The third kappa shape index (κ3) is 2.36. The maximum atomic E-state index is 13.1. The van der Waals surface area contributed by atoms with Gasteiger partial charge in [-0.15, -0.1) is 0 Å². The van der Waals surface area contributed by atoms with Crippen LogP contribution in [0.15, 0.2) is 34.7 Å². The highest BCUT2D eigenvalue weighted by Crippen LogP contribution is 2.17. The number of rotatable bonds is 3. The fraction of sp³-hybridized carbons (Fsp3) is 0.154. The van der Waals surface area contributed by atoms with E-state index in [9.17, 15) is 9.18 Å². The van der Waals surface area contributed by atoms with Crippen molar-refractivity contribution in [3.8, 4) is 0 Å². The van der Waals surface area contributed by atoms with Gasteiger partial charge >= 0.3 is 0 Å². The number of furan rings is 1. The molecule has 0 unspecified atom stereocenters. The minimum atomic E-state index is -0.532. The summed E-state index contributed by atoms with van der Waals surface area (Å²) in [5, 5.41) is 0. The van der Waals surface area contributed by atoms with Gasteiger partial charge in [0.15, 0.2) is 5.76 Å². The second kappa shape index (κ2) is 4.41. The van der Waals surface area contributed by atoms with Crippen LogP contribution in [0, 0.1) is 5.82 Å². The lowest BCUT2D eigenvalue weighted by Crippen LogP contribution is -2.01. The van der Waals surface area contributed by atoms with Crippen molar-refractivity contribution in [2.24, 2.45) is 0 Å². The summed E-state index contributed by atoms with van der Waals surface area (Å²) in [6.45, 7) is 1.92. The zero-order valence-corrected chi connectivity index (χ0v) is 9.37. The number of carbonyl (C=O) groups is 1. The summed E-state index contributed by atoms with van der Waals surface area (Å²) in [4.78, 5) is 12.0. The maximum Gasteiger partial charge on any atom is 0.228 e. The fourth-order valence-electron chi connectivity index (χ4n) is 1.58. The molecule has 0 aliphatic carbocycles. The summed E-state index contributed by atoms with van der Waals surface area (Å²) in [7, 11) is 0. The molecule has 0 aliphatic heterocycles. The van der Waals surface area contributed by atoms with Gasteiger partial charge in [-0.3, -0.25) is 4.79 Å². The Morgan fingerprint density at radius 3 is 2.71 bits per heavy atom. The van der Waals surface area contributed by atoms with E-state index in [4.69, 9.17) is 10.2 Å². The van der Waals surface area contributed by atoms with Crippen LogP contribution in [0.25, 0.3) is 0 Å². The van der Waals surface area contributed by atoms with Crippen LogP contribution in [-0.2, 0) is 6.42 Å². The van der Waals surface area contributed by atoms with Gasteiger partial charge in [-0.05, 0) is 30.3 Å². The molecule has 0 amide bonds. The molecule has 2 N–H and O–H groups in total. The first-order chi connectivity index (χ1) is 8.10. The summed E-state index contributed by atoms with van der Waals surface area (Å²) < 4.78 is 18.4. The Kier molecular flexibility index (Phi) is 2.95. The molecule has 0 aliphatic rings. The zero-order valence-electron chi connectivity index (χ0n) is 9.37. The predicted octanol–water partition coefficient (Wildman–Crippen LogP) is 2.79. The van der Waals surface area contributed by atoms with Gasteiger partial charge in [-0.1, -0.05) is 6.92 Å². The van der Waals surface area contributed by atoms with Gasteiger partial charge < -0.3 is 10.2 Å². The number of hydrogen-bond acceptors (Lipinski definition) is 3. The molecule has 0 atom stereocenters. The molecule has 0 saturated heterocycles. The number of nitrogen functional groups attached to an aromatic ring is 1. The van der Waals surface area contributed by atoms with E-state index in [0.717, 1.165) is 17.9 Å². The number of halogens is 1. The van der Waals surface area contributed by atoms with E-state index in [1.54, 1.807) is 12.1 Å². The fourth-order valence-corrected chi connectivity index (χ4v) is 1.58. The summed E-state index contributed by atoms with van der Waals surface area (Å²) in [5.74, 6) is 0.0242.